The molecule has 1 unspecified atom stereocenters. The van der Waals surface area contributed by atoms with Crippen LogP contribution in [0.1, 0.15) is 35.0 Å². The minimum atomic E-state index is -0.312. The molecule has 0 bridgehead atoms. The molecule has 106 valence electrons. The van der Waals surface area contributed by atoms with Crippen LogP contribution in [-0.2, 0) is 20.1 Å². The number of nitrogens with zero attached hydrogens (tertiary/aromatic N) is 2. The lowest BCUT2D eigenvalue weighted by Crippen LogP contribution is -2.04. The van der Waals surface area contributed by atoms with E-state index < -0.39 is 0 Å². The highest BCUT2D eigenvalue weighted by Crippen LogP contribution is 2.33. The number of aryl methyl sites for hydroxylation is 3. The number of aliphatic hydroxyl groups excluding tert-OH is 1. The van der Waals surface area contributed by atoms with Crippen molar-refractivity contribution in [1.82, 2.24) is 9.78 Å². The first-order valence-corrected chi connectivity index (χ1v) is 7.47. The van der Waals surface area contributed by atoms with Crippen LogP contribution in [0.4, 0.5) is 0 Å². The number of benzene rings is 1. The summed E-state index contributed by atoms with van der Waals surface area (Å²) in [5.74, 6) is 0.837. The molecule has 20 heavy (non-hydrogen) atoms. The molecule has 1 aliphatic rings. The summed E-state index contributed by atoms with van der Waals surface area (Å²) in [5, 5.41) is 14.1. The Labute approximate surface area is 126 Å². The van der Waals surface area contributed by atoms with Gasteiger partial charge in [-0.25, -0.2) is 0 Å². The number of hydrogen-bond donors (Lipinski definition) is 1. The second kappa shape index (κ2) is 5.22. The van der Waals surface area contributed by atoms with Gasteiger partial charge in [-0.15, -0.1) is 0 Å². The van der Waals surface area contributed by atoms with Crippen LogP contribution >= 0.6 is 15.9 Å². The Morgan fingerprint density at radius 2 is 2.30 bits per heavy atom. The zero-order chi connectivity index (χ0) is 14.3. The van der Waals surface area contributed by atoms with Gasteiger partial charge in [-0.2, -0.15) is 5.10 Å². The van der Waals surface area contributed by atoms with E-state index in [0.29, 0.717) is 6.61 Å². The lowest BCUT2D eigenvalue weighted by molar-refractivity contribution is 0.180. The molecule has 0 radical (unpaired) electrons. The number of halogens is 1. The standard InChI is InChI=1S/C15H17BrN2O2/c1-9-15(16)13(18(2)17-9)8-20-11-4-5-12-10(7-11)3-6-14(12)19/h4-5,7,14,19H,3,6,8H2,1-2H3. The molecular formula is C15H17BrN2O2. The Bertz CT molecular complexity index is 652. The Morgan fingerprint density at radius 3 is 3.00 bits per heavy atom. The van der Waals surface area contributed by atoms with E-state index in [1.165, 1.54) is 5.56 Å². The third kappa shape index (κ3) is 2.36. The number of aromatic nitrogens is 2. The molecule has 1 aromatic heterocycles. The third-order valence-corrected chi connectivity index (χ3v) is 4.83. The van der Waals surface area contributed by atoms with Crippen LogP contribution in [0, 0.1) is 6.92 Å². The Kier molecular flexibility index (Phi) is 3.56. The minimum Gasteiger partial charge on any atom is -0.487 e. The fourth-order valence-corrected chi connectivity index (χ4v) is 3.10. The van der Waals surface area contributed by atoms with Gasteiger partial charge < -0.3 is 9.84 Å². The van der Waals surface area contributed by atoms with Crippen LogP contribution in [0.3, 0.4) is 0 Å². The van der Waals surface area contributed by atoms with Gasteiger partial charge in [0.15, 0.2) is 0 Å². The van der Waals surface area contributed by atoms with Crippen molar-refractivity contribution >= 4 is 15.9 Å². The van der Waals surface area contributed by atoms with Gasteiger partial charge in [0, 0.05) is 7.05 Å². The Morgan fingerprint density at radius 1 is 1.50 bits per heavy atom. The fraction of sp³-hybridized carbons (Fsp3) is 0.400. The van der Waals surface area contributed by atoms with Crippen molar-refractivity contribution < 1.29 is 9.84 Å². The van der Waals surface area contributed by atoms with E-state index in [0.717, 1.165) is 40.0 Å². The van der Waals surface area contributed by atoms with Crippen molar-refractivity contribution in [3.63, 3.8) is 0 Å². The highest BCUT2D eigenvalue weighted by Gasteiger charge is 2.20. The molecule has 0 aliphatic heterocycles. The van der Waals surface area contributed by atoms with Gasteiger partial charge in [0.25, 0.3) is 0 Å². The number of aliphatic hydroxyl groups is 1. The molecule has 1 aromatic carbocycles. The topological polar surface area (TPSA) is 47.3 Å². The average molecular weight is 337 g/mol. The molecule has 0 spiro atoms. The van der Waals surface area contributed by atoms with Gasteiger partial charge in [0.05, 0.1) is 22.0 Å². The Balaban J connectivity index is 1.76. The number of rotatable bonds is 3. The summed E-state index contributed by atoms with van der Waals surface area (Å²) in [5.41, 5.74) is 4.20. The van der Waals surface area contributed by atoms with Crippen molar-refractivity contribution in [1.29, 1.82) is 0 Å². The van der Waals surface area contributed by atoms with Crippen molar-refractivity contribution in [2.24, 2.45) is 7.05 Å². The predicted molar refractivity (Wildman–Crippen MR) is 79.7 cm³/mol. The number of ether oxygens (including phenoxy) is 1. The first-order valence-electron chi connectivity index (χ1n) is 6.68. The van der Waals surface area contributed by atoms with Crippen molar-refractivity contribution in [2.75, 3.05) is 0 Å². The smallest absolute Gasteiger partial charge is 0.131 e. The van der Waals surface area contributed by atoms with E-state index in [9.17, 15) is 5.11 Å². The van der Waals surface area contributed by atoms with Crippen molar-refractivity contribution in [3.8, 4) is 5.75 Å². The molecular weight excluding hydrogens is 320 g/mol. The quantitative estimate of drug-likeness (QED) is 0.936. The molecule has 5 heteroatoms. The molecule has 1 atom stereocenters. The third-order valence-electron chi connectivity index (χ3n) is 3.80. The Hall–Kier alpha value is -1.33. The van der Waals surface area contributed by atoms with Crippen molar-refractivity contribution in [2.45, 2.75) is 32.5 Å². The largest absolute Gasteiger partial charge is 0.487 e. The summed E-state index contributed by atoms with van der Waals surface area (Å²) in [6.07, 6.45) is 1.42. The second-order valence-corrected chi connectivity index (χ2v) is 5.97. The van der Waals surface area contributed by atoms with Gasteiger partial charge >= 0.3 is 0 Å². The summed E-state index contributed by atoms with van der Waals surface area (Å²) in [6.45, 7) is 2.43. The molecule has 2 aromatic rings. The zero-order valence-corrected chi connectivity index (χ0v) is 13.1. The van der Waals surface area contributed by atoms with E-state index in [1.54, 1.807) is 0 Å². The zero-order valence-electron chi connectivity index (χ0n) is 11.6. The van der Waals surface area contributed by atoms with Crippen LogP contribution in [-0.4, -0.2) is 14.9 Å². The summed E-state index contributed by atoms with van der Waals surface area (Å²) in [6, 6.07) is 5.92. The molecule has 0 saturated heterocycles. The van der Waals surface area contributed by atoms with Gasteiger partial charge in [-0.05, 0) is 59.0 Å². The number of fused-ring (bicyclic) bond motifs is 1. The normalized spacial score (nSPS) is 17.3. The van der Waals surface area contributed by atoms with Crippen LogP contribution < -0.4 is 4.74 Å². The summed E-state index contributed by atoms with van der Waals surface area (Å²) in [7, 11) is 1.91. The SMILES string of the molecule is Cc1nn(C)c(COc2ccc3c(c2)CCC3O)c1Br. The first kappa shape index (κ1) is 13.6. The molecule has 1 heterocycles. The van der Waals surface area contributed by atoms with Crippen LogP contribution in [0.15, 0.2) is 22.7 Å². The van der Waals surface area contributed by atoms with Crippen LogP contribution in [0.25, 0.3) is 0 Å². The fourth-order valence-electron chi connectivity index (χ4n) is 2.65. The lowest BCUT2D eigenvalue weighted by Gasteiger charge is -2.09. The molecule has 0 fully saturated rings. The van der Waals surface area contributed by atoms with E-state index in [4.69, 9.17) is 4.74 Å². The summed E-state index contributed by atoms with van der Waals surface area (Å²) >= 11 is 3.54. The highest BCUT2D eigenvalue weighted by atomic mass is 79.9. The van der Waals surface area contributed by atoms with Gasteiger partial charge in [0.2, 0.25) is 0 Å². The molecule has 0 amide bonds. The molecule has 3 rings (SSSR count). The second-order valence-electron chi connectivity index (χ2n) is 5.17. The lowest BCUT2D eigenvalue weighted by atomic mass is 10.1. The first-order chi connectivity index (χ1) is 9.56. The molecule has 4 nitrogen and oxygen atoms in total. The van der Waals surface area contributed by atoms with E-state index in [1.807, 2.05) is 36.9 Å². The van der Waals surface area contributed by atoms with Crippen LogP contribution in [0.5, 0.6) is 5.75 Å². The average Bonchev–Trinajstić information content (AvgIpc) is 2.90. The summed E-state index contributed by atoms with van der Waals surface area (Å²) in [4.78, 5) is 0. The van der Waals surface area contributed by atoms with E-state index in [-0.39, 0.29) is 6.10 Å². The summed E-state index contributed by atoms with van der Waals surface area (Å²) < 4.78 is 8.68. The van der Waals surface area contributed by atoms with Gasteiger partial charge in [-0.3, -0.25) is 4.68 Å². The van der Waals surface area contributed by atoms with E-state index in [2.05, 4.69) is 21.0 Å². The molecule has 1 N–H and O–H groups in total. The maximum absolute atomic E-state index is 9.80. The van der Waals surface area contributed by atoms with Crippen LogP contribution in [0.2, 0.25) is 0 Å². The van der Waals surface area contributed by atoms with Crippen molar-refractivity contribution in [3.05, 3.63) is 45.2 Å². The van der Waals surface area contributed by atoms with Gasteiger partial charge in [-0.1, -0.05) is 6.07 Å². The minimum absolute atomic E-state index is 0.312. The maximum atomic E-state index is 9.80. The molecule has 1 aliphatic carbocycles. The van der Waals surface area contributed by atoms with E-state index >= 15 is 0 Å². The molecule has 0 saturated carbocycles. The number of hydrogen-bond acceptors (Lipinski definition) is 3. The maximum Gasteiger partial charge on any atom is 0.131 e. The highest BCUT2D eigenvalue weighted by molar-refractivity contribution is 9.10. The monoisotopic (exact) mass is 336 g/mol. The predicted octanol–water partition coefficient (Wildman–Crippen LogP) is 3.05. The van der Waals surface area contributed by atoms with Gasteiger partial charge in [0.1, 0.15) is 12.4 Å².